The molecule has 0 radical (unpaired) electrons. The minimum atomic E-state index is 0. The predicted octanol–water partition coefficient (Wildman–Crippen LogP) is 4.09. The number of hydrogen-bond acceptors (Lipinski definition) is 4. The number of guanidine groups is 1. The SMILES string of the molecule is CCNC(=NCCc1ccc(OC)cc1)Nc1ccc2c(c1)OCCCO2.I. The van der Waals surface area contributed by atoms with Crippen molar-refractivity contribution in [1.82, 2.24) is 5.32 Å². The predicted molar refractivity (Wildman–Crippen MR) is 124 cm³/mol. The number of halogens is 1. The molecule has 2 aromatic rings. The second-order valence-electron chi connectivity index (χ2n) is 6.20. The molecule has 7 heteroatoms. The molecule has 1 heterocycles. The summed E-state index contributed by atoms with van der Waals surface area (Å²) >= 11 is 0. The average molecular weight is 497 g/mol. The first-order valence-corrected chi connectivity index (χ1v) is 9.36. The zero-order valence-electron chi connectivity index (χ0n) is 16.4. The van der Waals surface area contributed by atoms with E-state index in [1.165, 1.54) is 5.56 Å². The Bertz CT molecular complexity index is 766. The highest BCUT2D eigenvalue weighted by Crippen LogP contribution is 2.32. The summed E-state index contributed by atoms with van der Waals surface area (Å²) in [7, 11) is 1.67. The highest BCUT2D eigenvalue weighted by molar-refractivity contribution is 14.0. The highest BCUT2D eigenvalue weighted by atomic mass is 127. The lowest BCUT2D eigenvalue weighted by Gasteiger charge is -2.13. The van der Waals surface area contributed by atoms with Crippen LogP contribution in [0.3, 0.4) is 0 Å². The van der Waals surface area contributed by atoms with Crippen LogP contribution in [-0.2, 0) is 6.42 Å². The number of methoxy groups -OCH3 is 1. The number of rotatable bonds is 6. The summed E-state index contributed by atoms with van der Waals surface area (Å²) in [6.45, 7) is 4.89. The number of ether oxygens (including phenoxy) is 3. The molecule has 0 bridgehead atoms. The van der Waals surface area contributed by atoms with E-state index in [4.69, 9.17) is 14.2 Å². The third-order valence-electron chi connectivity index (χ3n) is 4.18. The number of aliphatic imine (C=N–C) groups is 1. The Morgan fingerprint density at radius 2 is 1.82 bits per heavy atom. The van der Waals surface area contributed by atoms with E-state index in [1.54, 1.807) is 7.11 Å². The van der Waals surface area contributed by atoms with Crippen molar-refractivity contribution in [3.8, 4) is 17.2 Å². The second kappa shape index (κ2) is 11.6. The minimum absolute atomic E-state index is 0. The fourth-order valence-corrected chi connectivity index (χ4v) is 2.77. The molecule has 0 saturated carbocycles. The summed E-state index contributed by atoms with van der Waals surface area (Å²) < 4.78 is 16.6. The lowest BCUT2D eigenvalue weighted by molar-refractivity contribution is 0.297. The number of fused-ring (bicyclic) bond motifs is 1. The minimum Gasteiger partial charge on any atom is -0.497 e. The van der Waals surface area contributed by atoms with Crippen LogP contribution in [0.5, 0.6) is 17.2 Å². The molecule has 1 aliphatic rings. The summed E-state index contributed by atoms with van der Waals surface area (Å²) in [5.74, 6) is 3.18. The summed E-state index contributed by atoms with van der Waals surface area (Å²) in [4.78, 5) is 4.67. The van der Waals surface area contributed by atoms with Crippen LogP contribution in [0.15, 0.2) is 47.5 Å². The van der Waals surface area contributed by atoms with E-state index < -0.39 is 0 Å². The Morgan fingerprint density at radius 1 is 1.07 bits per heavy atom. The molecule has 0 saturated heterocycles. The first-order valence-electron chi connectivity index (χ1n) is 9.36. The van der Waals surface area contributed by atoms with Crippen molar-refractivity contribution < 1.29 is 14.2 Å². The van der Waals surface area contributed by atoms with Gasteiger partial charge in [0.15, 0.2) is 17.5 Å². The molecule has 0 fully saturated rings. The summed E-state index contributed by atoms with van der Waals surface area (Å²) in [5, 5.41) is 6.61. The second-order valence-corrected chi connectivity index (χ2v) is 6.20. The molecule has 1 aliphatic heterocycles. The van der Waals surface area contributed by atoms with Gasteiger partial charge in [-0.2, -0.15) is 0 Å². The first-order chi connectivity index (χ1) is 13.3. The van der Waals surface area contributed by atoms with Gasteiger partial charge < -0.3 is 24.8 Å². The van der Waals surface area contributed by atoms with Crippen LogP contribution in [-0.4, -0.2) is 39.4 Å². The monoisotopic (exact) mass is 497 g/mol. The largest absolute Gasteiger partial charge is 0.497 e. The Morgan fingerprint density at radius 3 is 2.54 bits per heavy atom. The van der Waals surface area contributed by atoms with Gasteiger partial charge in [-0.25, -0.2) is 0 Å². The molecular weight excluding hydrogens is 469 g/mol. The van der Waals surface area contributed by atoms with Crippen molar-refractivity contribution in [2.45, 2.75) is 19.8 Å². The number of nitrogens with one attached hydrogen (secondary N) is 2. The van der Waals surface area contributed by atoms with Crippen molar-refractivity contribution >= 4 is 35.6 Å². The van der Waals surface area contributed by atoms with Gasteiger partial charge in [0, 0.05) is 31.3 Å². The van der Waals surface area contributed by atoms with Crippen molar-refractivity contribution in [2.75, 3.05) is 38.7 Å². The lowest BCUT2D eigenvalue weighted by atomic mass is 10.1. The van der Waals surface area contributed by atoms with Crippen molar-refractivity contribution in [3.63, 3.8) is 0 Å². The third kappa shape index (κ3) is 6.47. The maximum atomic E-state index is 5.75. The van der Waals surface area contributed by atoms with Gasteiger partial charge >= 0.3 is 0 Å². The van der Waals surface area contributed by atoms with E-state index in [9.17, 15) is 0 Å². The zero-order valence-corrected chi connectivity index (χ0v) is 18.7. The topological polar surface area (TPSA) is 64.1 Å². The third-order valence-corrected chi connectivity index (χ3v) is 4.18. The van der Waals surface area contributed by atoms with Gasteiger partial charge in [-0.05, 0) is 43.2 Å². The van der Waals surface area contributed by atoms with Gasteiger partial charge in [-0.15, -0.1) is 24.0 Å². The Hall–Kier alpha value is -2.16. The van der Waals surface area contributed by atoms with Crippen LogP contribution in [0.25, 0.3) is 0 Å². The lowest BCUT2D eigenvalue weighted by Crippen LogP contribution is -2.30. The van der Waals surface area contributed by atoms with Crippen LogP contribution < -0.4 is 24.8 Å². The maximum Gasteiger partial charge on any atom is 0.195 e. The number of anilines is 1. The normalized spacial score (nSPS) is 13.1. The molecule has 0 amide bonds. The van der Waals surface area contributed by atoms with E-state index in [2.05, 4.69) is 34.7 Å². The Kier molecular flexibility index (Phi) is 9.19. The standard InChI is InChI=1S/C21H27N3O3.HI/c1-3-22-21(23-12-11-16-5-8-18(25-2)9-6-16)24-17-7-10-19-20(15-17)27-14-4-13-26-19;/h5-10,15H,3-4,11-14H2,1-2H3,(H2,22,23,24);1H. The molecule has 6 nitrogen and oxygen atoms in total. The van der Waals surface area contributed by atoms with Gasteiger partial charge in [0.1, 0.15) is 5.75 Å². The molecule has 0 spiro atoms. The quantitative estimate of drug-likeness (QED) is 0.358. The van der Waals surface area contributed by atoms with E-state index in [0.717, 1.165) is 48.3 Å². The van der Waals surface area contributed by atoms with Crippen molar-refractivity contribution in [1.29, 1.82) is 0 Å². The smallest absolute Gasteiger partial charge is 0.195 e. The summed E-state index contributed by atoms with van der Waals surface area (Å²) in [6.07, 6.45) is 1.76. The highest BCUT2D eigenvalue weighted by Gasteiger charge is 2.11. The average Bonchev–Trinajstić information content (AvgIpc) is 2.93. The van der Waals surface area contributed by atoms with E-state index in [0.29, 0.717) is 19.8 Å². The van der Waals surface area contributed by atoms with Crippen LogP contribution in [0, 0.1) is 0 Å². The summed E-state index contributed by atoms with van der Waals surface area (Å²) in [5.41, 5.74) is 2.15. The molecule has 152 valence electrons. The Labute approximate surface area is 183 Å². The van der Waals surface area contributed by atoms with Gasteiger partial charge in [-0.1, -0.05) is 12.1 Å². The molecule has 3 rings (SSSR count). The molecule has 28 heavy (non-hydrogen) atoms. The van der Waals surface area contributed by atoms with E-state index >= 15 is 0 Å². The maximum absolute atomic E-state index is 5.75. The van der Waals surface area contributed by atoms with Crippen LogP contribution in [0.1, 0.15) is 18.9 Å². The molecule has 0 aliphatic carbocycles. The van der Waals surface area contributed by atoms with Crippen molar-refractivity contribution in [2.24, 2.45) is 4.99 Å². The number of nitrogens with zero attached hydrogens (tertiary/aromatic N) is 1. The van der Waals surface area contributed by atoms with Gasteiger partial charge in [0.25, 0.3) is 0 Å². The fourth-order valence-electron chi connectivity index (χ4n) is 2.77. The molecule has 0 aromatic heterocycles. The van der Waals surface area contributed by atoms with Crippen LogP contribution in [0.4, 0.5) is 5.69 Å². The summed E-state index contributed by atoms with van der Waals surface area (Å²) in [6, 6.07) is 13.9. The van der Waals surface area contributed by atoms with Gasteiger partial charge in [0.2, 0.25) is 0 Å². The van der Waals surface area contributed by atoms with Gasteiger partial charge in [0.05, 0.1) is 20.3 Å². The molecular formula is C21H28IN3O3. The van der Waals surface area contributed by atoms with Crippen LogP contribution in [0.2, 0.25) is 0 Å². The molecule has 2 N–H and O–H groups in total. The number of hydrogen-bond donors (Lipinski definition) is 2. The Balaban J connectivity index is 0.00000280. The molecule has 0 atom stereocenters. The zero-order chi connectivity index (χ0) is 18.9. The number of benzene rings is 2. The van der Waals surface area contributed by atoms with Gasteiger partial charge in [-0.3, -0.25) is 4.99 Å². The van der Waals surface area contributed by atoms with Crippen molar-refractivity contribution in [3.05, 3.63) is 48.0 Å². The molecule has 2 aromatic carbocycles. The fraction of sp³-hybridized carbons (Fsp3) is 0.381. The van der Waals surface area contributed by atoms with Crippen LogP contribution >= 0.6 is 24.0 Å². The first kappa shape index (κ1) is 22.1. The van der Waals surface area contributed by atoms with E-state index in [1.807, 2.05) is 30.3 Å². The molecule has 0 unspecified atom stereocenters. The van der Waals surface area contributed by atoms with E-state index in [-0.39, 0.29) is 24.0 Å².